The molecule has 0 radical (unpaired) electrons. The fourth-order valence-electron chi connectivity index (χ4n) is 1.73. The number of rotatable bonds is 4. The first-order valence-electron chi connectivity index (χ1n) is 5.78. The Kier molecular flexibility index (Phi) is 3.60. The number of amides is 1. The molecule has 1 aromatic carbocycles. The summed E-state index contributed by atoms with van der Waals surface area (Å²) in [5.41, 5.74) is 1.69. The molecule has 0 aliphatic carbocycles. The van der Waals surface area contributed by atoms with E-state index in [1.165, 1.54) is 0 Å². The minimum Gasteiger partial charge on any atom is -0.361 e. The molecule has 0 aliphatic rings. The number of H-pyrrole nitrogens is 1. The number of hydrogen-bond acceptors (Lipinski definition) is 1. The summed E-state index contributed by atoms with van der Waals surface area (Å²) in [6, 6.07) is 7.66. The standard InChI is InChI=1S/C14H16N2O/c1-2-3-4-8-16-14(17)12-6-5-11-7-9-15-13(11)10-12/h2-3,5-7,9-10,15H,4,8H2,1H3,(H,16,17)/b3-2+. The van der Waals surface area contributed by atoms with Crippen molar-refractivity contribution in [1.82, 2.24) is 10.3 Å². The van der Waals surface area contributed by atoms with Gasteiger partial charge in [-0.2, -0.15) is 0 Å². The second-order valence-electron chi connectivity index (χ2n) is 3.89. The van der Waals surface area contributed by atoms with Crippen molar-refractivity contribution in [2.45, 2.75) is 13.3 Å². The summed E-state index contributed by atoms with van der Waals surface area (Å²) in [5.74, 6) is -0.0222. The molecule has 2 aromatic rings. The van der Waals surface area contributed by atoms with Crippen molar-refractivity contribution >= 4 is 16.8 Å². The van der Waals surface area contributed by atoms with Crippen molar-refractivity contribution in [3.8, 4) is 0 Å². The molecule has 17 heavy (non-hydrogen) atoms. The van der Waals surface area contributed by atoms with Crippen molar-refractivity contribution in [1.29, 1.82) is 0 Å². The van der Waals surface area contributed by atoms with Gasteiger partial charge in [0.1, 0.15) is 0 Å². The predicted octanol–water partition coefficient (Wildman–Crippen LogP) is 2.86. The summed E-state index contributed by atoms with van der Waals surface area (Å²) >= 11 is 0. The number of aromatic amines is 1. The molecule has 0 saturated heterocycles. The van der Waals surface area contributed by atoms with Crippen LogP contribution in [0, 0.1) is 0 Å². The van der Waals surface area contributed by atoms with Gasteiger partial charge in [-0.15, -0.1) is 0 Å². The Bertz CT molecular complexity index is 540. The molecule has 0 bridgehead atoms. The second-order valence-corrected chi connectivity index (χ2v) is 3.89. The van der Waals surface area contributed by atoms with Crippen LogP contribution in [0.4, 0.5) is 0 Å². The van der Waals surface area contributed by atoms with Gasteiger partial charge in [-0.05, 0) is 36.9 Å². The van der Waals surface area contributed by atoms with Crippen LogP contribution >= 0.6 is 0 Å². The molecule has 3 nitrogen and oxygen atoms in total. The van der Waals surface area contributed by atoms with Crippen molar-refractivity contribution in [3.05, 3.63) is 48.2 Å². The summed E-state index contributed by atoms with van der Waals surface area (Å²) in [6.45, 7) is 2.65. The zero-order valence-electron chi connectivity index (χ0n) is 9.86. The molecule has 1 amide bonds. The zero-order valence-corrected chi connectivity index (χ0v) is 9.86. The fourth-order valence-corrected chi connectivity index (χ4v) is 1.73. The molecular formula is C14H16N2O. The first-order chi connectivity index (χ1) is 8.31. The highest BCUT2D eigenvalue weighted by Gasteiger charge is 2.05. The van der Waals surface area contributed by atoms with E-state index in [1.807, 2.05) is 49.5 Å². The molecule has 0 aliphatic heterocycles. The third kappa shape index (κ3) is 2.75. The van der Waals surface area contributed by atoms with E-state index in [0.29, 0.717) is 12.1 Å². The van der Waals surface area contributed by atoms with Crippen LogP contribution in [0.25, 0.3) is 10.9 Å². The Morgan fingerprint density at radius 1 is 1.41 bits per heavy atom. The third-order valence-electron chi connectivity index (χ3n) is 2.65. The van der Waals surface area contributed by atoms with Gasteiger partial charge in [-0.1, -0.05) is 18.2 Å². The molecule has 1 heterocycles. The Balaban J connectivity index is 2.03. The molecule has 0 fully saturated rings. The average Bonchev–Trinajstić information content (AvgIpc) is 2.81. The Morgan fingerprint density at radius 2 is 2.29 bits per heavy atom. The first kappa shape index (κ1) is 11.5. The summed E-state index contributed by atoms with van der Waals surface area (Å²) in [5, 5.41) is 4.01. The topological polar surface area (TPSA) is 44.9 Å². The number of carbonyl (C=O) groups excluding carboxylic acids is 1. The molecule has 88 valence electrons. The smallest absolute Gasteiger partial charge is 0.251 e. The quantitative estimate of drug-likeness (QED) is 0.613. The number of benzene rings is 1. The maximum absolute atomic E-state index is 11.8. The SMILES string of the molecule is C/C=C/CCNC(=O)c1ccc2cc[nH]c2c1. The van der Waals surface area contributed by atoms with Gasteiger partial charge in [-0.3, -0.25) is 4.79 Å². The van der Waals surface area contributed by atoms with Crippen LogP contribution < -0.4 is 5.32 Å². The number of hydrogen-bond donors (Lipinski definition) is 2. The van der Waals surface area contributed by atoms with Gasteiger partial charge >= 0.3 is 0 Å². The van der Waals surface area contributed by atoms with Crippen LogP contribution in [0.1, 0.15) is 23.7 Å². The van der Waals surface area contributed by atoms with Gasteiger partial charge in [0.2, 0.25) is 0 Å². The van der Waals surface area contributed by atoms with Crippen molar-refractivity contribution in [2.24, 2.45) is 0 Å². The van der Waals surface area contributed by atoms with Gasteiger partial charge in [0, 0.05) is 23.8 Å². The summed E-state index contributed by atoms with van der Waals surface area (Å²) in [4.78, 5) is 14.9. The lowest BCUT2D eigenvalue weighted by molar-refractivity contribution is 0.0954. The molecule has 0 spiro atoms. The highest BCUT2D eigenvalue weighted by molar-refractivity contribution is 5.97. The van der Waals surface area contributed by atoms with Crippen LogP contribution in [0.5, 0.6) is 0 Å². The molecule has 0 atom stereocenters. The van der Waals surface area contributed by atoms with Gasteiger partial charge in [0.15, 0.2) is 0 Å². The first-order valence-corrected chi connectivity index (χ1v) is 5.78. The molecule has 2 N–H and O–H groups in total. The van der Waals surface area contributed by atoms with E-state index >= 15 is 0 Å². The van der Waals surface area contributed by atoms with Crippen LogP contribution in [0.2, 0.25) is 0 Å². The van der Waals surface area contributed by atoms with Gasteiger partial charge < -0.3 is 10.3 Å². The number of nitrogens with one attached hydrogen (secondary N) is 2. The van der Waals surface area contributed by atoms with E-state index in [-0.39, 0.29) is 5.91 Å². The van der Waals surface area contributed by atoms with E-state index in [4.69, 9.17) is 0 Å². The highest BCUT2D eigenvalue weighted by atomic mass is 16.1. The zero-order chi connectivity index (χ0) is 12.1. The largest absolute Gasteiger partial charge is 0.361 e. The van der Waals surface area contributed by atoms with E-state index in [2.05, 4.69) is 10.3 Å². The van der Waals surface area contributed by atoms with E-state index < -0.39 is 0 Å². The average molecular weight is 228 g/mol. The molecule has 2 rings (SSSR count). The van der Waals surface area contributed by atoms with Crippen molar-refractivity contribution in [2.75, 3.05) is 6.54 Å². The normalized spacial score (nSPS) is 11.1. The monoisotopic (exact) mass is 228 g/mol. The number of allylic oxidation sites excluding steroid dienone is 1. The summed E-state index contributed by atoms with van der Waals surface area (Å²) < 4.78 is 0. The van der Waals surface area contributed by atoms with E-state index in [9.17, 15) is 4.79 Å². The minimum absolute atomic E-state index is 0.0222. The Morgan fingerprint density at radius 3 is 3.12 bits per heavy atom. The van der Waals surface area contributed by atoms with E-state index in [0.717, 1.165) is 17.3 Å². The van der Waals surface area contributed by atoms with Crippen LogP contribution in [-0.2, 0) is 0 Å². The molecule has 0 unspecified atom stereocenters. The Labute approximate surface area is 101 Å². The minimum atomic E-state index is -0.0222. The van der Waals surface area contributed by atoms with Crippen molar-refractivity contribution < 1.29 is 4.79 Å². The lowest BCUT2D eigenvalue weighted by atomic mass is 10.1. The van der Waals surface area contributed by atoms with Gasteiger partial charge in [0.25, 0.3) is 5.91 Å². The van der Waals surface area contributed by atoms with Gasteiger partial charge in [-0.25, -0.2) is 0 Å². The number of carbonyl (C=O) groups is 1. The number of aromatic nitrogens is 1. The highest BCUT2D eigenvalue weighted by Crippen LogP contribution is 2.13. The summed E-state index contributed by atoms with van der Waals surface area (Å²) in [7, 11) is 0. The van der Waals surface area contributed by atoms with Crippen molar-refractivity contribution in [3.63, 3.8) is 0 Å². The maximum Gasteiger partial charge on any atom is 0.251 e. The predicted molar refractivity (Wildman–Crippen MR) is 70.1 cm³/mol. The molecule has 1 aromatic heterocycles. The van der Waals surface area contributed by atoms with Crippen LogP contribution in [0.15, 0.2) is 42.6 Å². The molecule has 3 heteroatoms. The summed E-state index contributed by atoms with van der Waals surface area (Å²) in [6.07, 6.45) is 6.76. The lowest BCUT2D eigenvalue weighted by Crippen LogP contribution is -2.23. The van der Waals surface area contributed by atoms with Crippen LogP contribution in [-0.4, -0.2) is 17.4 Å². The maximum atomic E-state index is 11.8. The van der Waals surface area contributed by atoms with Gasteiger partial charge in [0.05, 0.1) is 0 Å². The third-order valence-corrected chi connectivity index (χ3v) is 2.65. The lowest BCUT2D eigenvalue weighted by Gasteiger charge is -2.03. The molecule has 0 saturated carbocycles. The molecular weight excluding hydrogens is 212 g/mol. The second kappa shape index (κ2) is 5.34. The number of fused-ring (bicyclic) bond motifs is 1. The fraction of sp³-hybridized carbons (Fsp3) is 0.214. The van der Waals surface area contributed by atoms with Crippen LogP contribution in [0.3, 0.4) is 0 Å². The Hall–Kier alpha value is -2.03. The van der Waals surface area contributed by atoms with E-state index in [1.54, 1.807) is 0 Å².